The first-order valence-corrected chi connectivity index (χ1v) is 8.15. The lowest BCUT2D eigenvalue weighted by Crippen LogP contribution is -2.59. The maximum atomic E-state index is 12.9. The van der Waals surface area contributed by atoms with E-state index in [0.29, 0.717) is 5.92 Å². The van der Waals surface area contributed by atoms with Crippen LogP contribution >= 0.6 is 0 Å². The summed E-state index contributed by atoms with van der Waals surface area (Å²) in [6, 6.07) is 10.2. The van der Waals surface area contributed by atoms with Crippen LogP contribution in [0.1, 0.15) is 31.7 Å². The van der Waals surface area contributed by atoms with E-state index in [4.69, 9.17) is 0 Å². The smallest absolute Gasteiger partial charge is 0.240 e. The van der Waals surface area contributed by atoms with Gasteiger partial charge in [-0.05, 0) is 51.1 Å². The number of carbonyl (C=O) groups is 2. The summed E-state index contributed by atoms with van der Waals surface area (Å²) in [6.45, 7) is 1.60. The number of hydrogen-bond donors (Lipinski definition) is 1. The van der Waals surface area contributed by atoms with Crippen LogP contribution in [0.25, 0.3) is 0 Å². The summed E-state index contributed by atoms with van der Waals surface area (Å²) in [6.07, 6.45) is 3.67. The lowest BCUT2D eigenvalue weighted by atomic mass is 9.82. The van der Waals surface area contributed by atoms with Crippen LogP contribution < -0.4 is 5.32 Å². The molecular formula is C18H24N2O2. The largest absolute Gasteiger partial charge is 0.328 e. The van der Waals surface area contributed by atoms with Crippen molar-refractivity contribution in [2.45, 2.75) is 50.7 Å². The minimum Gasteiger partial charge on any atom is -0.328 e. The van der Waals surface area contributed by atoms with Crippen molar-refractivity contribution in [2.75, 3.05) is 7.05 Å². The normalized spacial score (nSPS) is 31.2. The highest BCUT2D eigenvalue weighted by Gasteiger charge is 2.48. The summed E-state index contributed by atoms with van der Waals surface area (Å²) in [5.41, 5.74) is 1.27. The number of hydrogen-bond acceptors (Lipinski definition) is 3. The Morgan fingerprint density at radius 2 is 2.00 bits per heavy atom. The molecule has 22 heavy (non-hydrogen) atoms. The molecule has 2 saturated heterocycles. The number of likely N-dealkylation sites (N-methyl/N-ethyl adjacent to an activating group) is 1. The Balaban J connectivity index is 1.80. The molecule has 2 heterocycles. The molecule has 1 N–H and O–H groups in total. The molecule has 0 radical (unpaired) electrons. The quantitative estimate of drug-likeness (QED) is 0.922. The third-order valence-electron chi connectivity index (χ3n) is 5.19. The molecule has 2 aliphatic rings. The monoisotopic (exact) mass is 300 g/mol. The molecule has 0 bridgehead atoms. The molecule has 3 unspecified atom stereocenters. The maximum absolute atomic E-state index is 12.9. The highest BCUT2D eigenvalue weighted by Crippen LogP contribution is 2.36. The first-order chi connectivity index (χ1) is 10.6. The molecular weight excluding hydrogens is 276 g/mol. The number of piperidine rings is 1. The summed E-state index contributed by atoms with van der Waals surface area (Å²) in [7, 11) is 1.85. The predicted octanol–water partition coefficient (Wildman–Crippen LogP) is 1.79. The van der Waals surface area contributed by atoms with Gasteiger partial charge in [0, 0.05) is 6.04 Å². The second kappa shape index (κ2) is 6.21. The minimum atomic E-state index is -0.203. The van der Waals surface area contributed by atoms with Gasteiger partial charge in [0.05, 0.1) is 12.1 Å². The van der Waals surface area contributed by atoms with E-state index in [1.807, 2.05) is 30.1 Å². The van der Waals surface area contributed by atoms with E-state index in [0.717, 1.165) is 25.7 Å². The number of amides is 1. The highest BCUT2D eigenvalue weighted by molar-refractivity contribution is 5.91. The number of benzene rings is 1. The van der Waals surface area contributed by atoms with Crippen LogP contribution in [0.2, 0.25) is 0 Å². The minimum absolute atomic E-state index is 0.109. The molecule has 3 rings (SSSR count). The lowest BCUT2D eigenvalue weighted by Gasteiger charge is -2.42. The maximum Gasteiger partial charge on any atom is 0.240 e. The molecule has 1 aromatic carbocycles. The van der Waals surface area contributed by atoms with Crippen molar-refractivity contribution in [1.82, 2.24) is 10.2 Å². The number of Topliss-reactive ketones (excluding diaryl/α,β-unsaturated/α-hetero) is 1. The SMILES string of the molecule is CNC1C(=O)N2C(CCC2C(C)=O)C[C@H]1Cc1ccccc1. The Bertz CT molecular complexity index is 557. The number of rotatable bonds is 4. The number of carbonyl (C=O) groups excluding carboxylic acids is 2. The van der Waals surface area contributed by atoms with E-state index in [2.05, 4.69) is 17.4 Å². The first kappa shape index (κ1) is 15.2. The zero-order valence-corrected chi connectivity index (χ0v) is 13.3. The van der Waals surface area contributed by atoms with Crippen molar-refractivity contribution < 1.29 is 9.59 Å². The van der Waals surface area contributed by atoms with E-state index in [1.165, 1.54) is 5.56 Å². The molecule has 0 aliphatic carbocycles. The highest BCUT2D eigenvalue weighted by atomic mass is 16.2. The average molecular weight is 300 g/mol. The molecule has 4 atom stereocenters. The predicted molar refractivity (Wildman–Crippen MR) is 85.4 cm³/mol. The van der Waals surface area contributed by atoms with Gasteiger partial charge in [-0.15, -0.1) is 0 Å². The summed E-state index contributed by atoms with van der Waals surface area (Å²) in [4.78, 5) is 26.5. The fourth-order valence-corrected chi connectivity index (χ4v) is 4.17. The van der Waals surface area contributed by atoms with Crippen molar-refractivity contribution in [1.29, 1.82) is 0 Å². The van der Waals surface area contributed by atoms with Crippen molar-refractivity contribution >= 4 is 11.7 Å². The van der Waals surface area contributed by atoms with Gasteiger partial charge in [-0.2, -0.15) is 0 Å². The van der Waals surface area contributed by atoms with Crippen LogP contribution in [-0.2, 0) is 16.0 Å². The van der Waals surface area contributed by atoms with E-state index in [-0.39, 0.29) is 29.8 Å². The molecule has 2 aliphatic heterocycles. The van der Waals surface area contributed by atoms with E-state index in [9.17, 15) is 9.59 Å². The third kappa shape index (κ3) is 2.68. The van der Waals surface area contributed by atoms with Gasteiger partial charge in [-0.1, -0.05) is 30.3 Å². The summed E-state index contributed by atoms with van der Waals surface area (Å²) < 4.78 is 0. The fraction of sp³-hybridized carbons (Fsp3) is 0.556. The molecule has 0 saturated carbocycles. The van der Waals surface area contributed by atoms with Gasteiger partial charge in [0.2, 0.25) is 5.91 Å². The zero-order valence-electron chi connectivity index (χ0n) is 13.3. The van der Waals surface area contributed by atoms with Gasteiger partial charge in [0.15, 0.2) is 5.78 Å². The van der Waals surface area contributed by atoms with Crippen LogP contribution in [0.4, 0.5) is 0 Å². The Morgan fingerprint density at radius 3 is 2.64 bits per heavy atom. The summed E-state index contributed by atoms with van der Waals surface area (Å²) >= 11 is 0. The standard InChI is InChI=1S/C18H24N2O2/c1-12(21)16-9-8-15-11-14(10-13-6-4-3-5-7-13)17(19-2)18(22)20(15)16/h3-7,14-17,19H,8-11H2,1-2H3/t14-,15?,16?,17?/m1/s1. The van der Waals surface area contributed by atoms with E-state index in [1.54, 1.807) is 6.92 Å². The van der Waals surface area contributed by atoms with Crippen molar-refractivity contribution in [3.05, 3.63) is 35.9 Å². The van der Waals surface area contributed by atoms with Crippen LogP contribution in [0.3, 0.4) is 0 Å². The van der Waals surface area contributed by atoms with Crippen LogP contribution in [0, 0.1) is 5.92 Å². The van der Waals surface area contributed by atoms with Gasteiger partial charge in [-0.3, -0.25) is 9.59 Å². The topological polar surface area (TPSA) is 49.4 Å². The van der Waals surface area contributed by atoms with Gasteiger partial charge in [-0.25, -0.2) is 0 Å². The second-order valence-electron chi connectivity index (χ2n) is 6.55. The Hall–Kier alpha value is -1.68. The molecule has 0 spiro atoms. The van der Waals surface area contributed by atoms with Crippen molar-refractivity contribution in [3.8, 4) is 0 Å². The van der Waals surface area contributed by atoms with Crippen LogP contribution in [-0.4, -0.2) is 41.8 Å². The van der Waals surface area contributed by atoms with Crippen molar-refractivity contribution in [2.24, 2.45) is 5.92 Å². The third-order valence-corrected chi connectivity index (χ3v) is 5.19. The summed E-state index contributed by atoms with van der Waals surface area (Å²) in [5.74, 6) is 0.524. The second-order valence-corrected chi connectivity index (χ2v) is 6.55. The van der Waals surface area contributed by atoms with Crippen LogP contribution in [0.15, 0.2) is 30.3 Å². The number of nitrogens with zero attached hydrogens (tertiary/aromatic N) is 1. The molecule has 1 aromatic rings. The zero-order chi connectivity index (χ0) is 15.7. The Kier molecular flexibility index (Phi) is 4.30. The molecule has 1 amide bonds. The molecule has 4 nitrogen and oxygen atoms in total. The first-order valence-electron chi connectivity index (χ1n) is 8.15. The van der Waals surface area contributed by atoms with E-state index < -0.39 is 0 Å². The van der Waals surface area contributed by atoms with Gasteiger partial charge in [0.25, 0.3) is 0 Å². The van der Waals surface area contributed by atoms with Gasteiger partial charge < -0.3 is 10.2 Å². The number of ketones is 1. The number of nitrogens with one attached hydrogen (secondary N) is 1. The Morgan fingerprint density at radius 1 is 1.27 bits per heavy atom. The lowest BCUT2D eigenvalue weighted by molar-refractivity contribution is -0.145. The molecule has 0 aromatic heterocycles. The van der Waals surface area contributed by atoms with Crippen molar-refractivity contribution in [3.63, 3.8) is 0 Å². The molecule has 4 heteroatoms. The average Bonchev–Trinajstić information content (AvgIpc) is 2.93. The number of fused-ring (bicyclic) bond motifs is 1. The molecule has 118 valence electrons. The van der Waals surface area contributed by atoms with E-state index >= 15 is 0 Å². The van der Waals surface area contributed by atoms with Gasteiger partial charge >= 0.3 is 0 Å². The molecule has 2 fully saturated rings. The fourth-order valence-electron chi connectivity index (χ4n) is 4.17. The van der Waals surface area contributed by atoms with Gasteiger partial charge in [0.1, 0.15) is 0 Å². The summed E-state index contributed by atoms with van der Waals surface area (Å²) in [5, 5.41) is 3.19. The Labute approximate surface area is 131 Å². The van der Waals surface area contributed by atoms with Crippen LogP contribution in [0.5, 0.6) is 0 Å².